The van der Waals surface area contributed by atoms with Crippen LogP contribution in [0.4, 0.5) is 18.0 Å². The summed E-state index contributed by atoms with van der Waals surface area (Å²) < 4.78 is 77.3. The van der Waals surface area contributed by atoms with Gasteiger partial charge in [0.15, 0.2) is 10.5 Å². The van der Waals surface area contributed by atoms with Crippen LogP contribution in [0.2, 0.25) is 25.7 Å². The molecule has 9 nitrogen and oxygen atoms in total. The van der Waals surface area contributed by atoms with Crippen molar-refractivity contribution in [1.29, 1.82) is 0 Å². The van der Waals surface area contributed by atoms with Gasteiger partial charge in [0.1, 0.15) is 35.6 Å². The van der Waals surface area contributed by atoms with Crippen molar-refractivity contribution < 1.29 is 36.7 Å². The maximum absolute atomic E-state index is 13.8. The summed E-state index contributed by atoms with van der Waals surface area (Å²) in [6, 6.07) is 8.98. The number of rotatable bonds is 13. The van der Waals surface area contributed by atoms with Gasteiger partial charge in [-0.05, 0) is 79.1 Å². The van der Waals surface area contributed by atoms with Crippen LogP contribution >= 0.6 is 0 Å². The number of aryl methyl sites for hydroxylation is 3. The molecule has 3 rings (SSSR count). The van der Waals surface area contributed by atoms with Crippen LogP contribution in [0.3, 0.4) is 0 Å². The van der Waals surface area contributed by atoms with E-state index in [2.05, 4.69) is 29.4 Å². The molecule has 2 atom stereocenters. The van der Waals surface area contributed by atoms with Crippen molar-refractivity contribution in [1.82, 2.24) is 14.9 Å². The topological polar surface area (TPSA) is 110 Å². The molecule has 0 saturated carbocycles. The van der Waals surface area contributed by atoms with Crippen LogP contribution in [-0.4, -0.2) is 65.1 Å². The number of ether oxygens (including phenoxy) is 3. The number of hydrogen-bond donors (Lipinski definition) is 1. The number of imidazole rings is 1. The van der Waals surface area contributed by atoms with Crippen molar-refractivity contribution in [2.24, 2.45) is 4.40 Å². The number of alkyl carbamates (subject to hydrolysis) is 1. The van der Waals surface area contributed by atoms with Crippen molar-refractivity contribution in [2.45, 2.75) is 116 Å². The summed E-state index contributed by atoms with van der Waals surface area (Å²) in [5.74, 6) is 0.227. The van der Waals surface area contributed by atoms with Crippen LogP contribution in [0, 0.1) is 20.8 Å². The number of aromatic nitrogens is 2. The molecule has 0 aliphatic rings. The van der Waals surface area contributed by atoms with Crippen LogP contribution in [0.5, 0.6) is 0 Å². The van der Waals surface area contributed by atoms with E-state index < -0.39 is 55.6 Å². The normalized spacial score (nSPS) is 14.5. The Hall–Kier alpha value is -2.91. The maximum Gasteiger partial charge on any atom is 0.416 e. The molecule has 1 aromatic heterocycles. The molecule has 0 radical (unpaired) electrons. The summed E-state index contributed by atoms with van der Waals surface area (Å²) in [6.45, 7) is 19.3. The Balaban J connectivity index is 2.05. The van der Waals surface area contributed by atoms with Gasteiger partial charge in [-0.2, -0.15) is 13.2 Å². The fourth-order valence-electron chi connectivity index (χ4n) is 4.79. The predicted molar refractivity (Wildman–Crippen MR) is 187 cm³/mol. The SMILES string of the molecule is Cc1cc(C)c([S+]([O-])N=Cc2ccc3c(c2)nc([C@H](COC(C)(C)C(F)(F)F)NC(=O)OC(C)(C)C)n3COCC[Si](C)(C)C)c(C)c1. The van der Waals surface area contributed by atoms with Crippen molar-refractivity contribution in [3.05, 3.63) is 58.4 Å². The quantitative estimate of drug-likeness (QED) is 0.0827. The van der Waals surface area contributed by atoms with Crippen molar-refractivity contribution in [3.8, 4) is 0 Å². The summed E-state index contributed by atoms with van der Waals surface area (Å²) in [5.41, 5.74) is 1.19. The van der Waals surface area contributed by atoms with Gasteiger partial charge in [-0.3, -0.25) is 0 Å². The number of hydrogen-bond acceptors (Lipinski definition) is 7. The summed E-state index contributed by atoms with van der Waals surface area (Å²) in [4.78, 5) is 18.3. The summed E-state index contributed by atoms with van der Waals surface area (Å²) in [7, 11) is -1.41. The number of carbonyl (C=O) groups is 1. The minimum absolute atomic E-state index is 0.0366. The van der Waals surface area contributed by atoms with Gasteiger partial charge >= 0.3 is 12.3 Å². The average molecular weight is 711 g/mol. The van der Waals surface area contributed by atoms with E-state index in [0.717, 1.165) is 36.6 Å². The number of benzene rings is 2. The smallest absolute Gasteiger partial charge is 0.416 e. The van der Waals surface area contributed by atoms with E-state index >= 15 is 0 Å². The van der Waals surface area contributed by atoms with Gasteiger partial charge in [-0.15, -0.1) is 0 Å². The second kappa shape index (κ2) is 15.3. The molecule has 0 spiro atoms. The first-order valence-corrected chi connectivity index (χ1v) is 20.6. The van der Waals surface area contributed by atoms with E-state index in [9.17, 15) is 22.5 Å². The van der Waals surface area contributed by atoms with E-state index in [4.69, 9.17) is 19.2 Å². The average Bonchev–Trinajstić information content (AvgIpc) is 3.27. The highest BCUT2D eigenvalue weighted by Crippen LogP contribution is 2.34. The molecule has 1 N–H and O–H groups in total. The van der Waals surface area contributed by atoms with Gasteiger partial charge in [0.2, 0.25) is 0 Å². The Kier molecular flexibility index (Phi) is 12.6. The van der Waals surface area contributed by atoms with Gasteiger partial charge < -0.3 is 28.6 Å². The molecule has 0 aliphatic heterocycles. The summed E-state index contributed by atoms with van der Waals surface area (Å²) >= 11 is -1.65. The molecule has 0 aliphatic carbocycles. The molecule has 266 valence electrons. The predicted octanol–water partition coefficient (Wildman–Crippen LogP) is 8.34. The van der Waals surface area contributed by atoms with E-state index in [-0.39, 0.29) is 12.6 Å². The first-order valence-electron chi connectivity index (χ1n) is 15.8. The summed E-state index contributed by atoms with van der Waals surface area (Å²) in [5, 5.41) is 2.67. The molecule has 2 aromatic carbocycles. The lowest BCUT2D eigenvalue weighted by atomic mass is 10.1. The maximum atomic E-state index is 13.8. The van der Waals surface area contributed by atoms with Crippen LogP contribution in [0.15, 0.2) is 39.6 Å². The largest absolute Gasteiger partial charge is 0.586 e. The zero-order valence-corrected chi connectivity index (χ0v) is 31.6. The Morgan fingerprint density at radius 2 is 1.71 bits per heavy atom. The van der Waals surface area contributed by atoms with E-state index in [0.29, 0.717) is 28.1 Å². The minimum Gasteiger partial charge on any atom is -0.586 e. The second-order valence-electron chi connectivity index (χ2n) is 14.7. The van der Waals surface area contributed by atoms with Crippen LogP contribution in [0.25, 0.3) is 11.0 Å². The number of nitrogens with one attached hydrogen (secondary N) is 1. The number of nitrogens with zero attached hydrogens (tertiary/aromatic N) is 3. The third-order valence-corrected chi connectivity index (χ3v) is 10.4. The number of fused-ring (bicyclic) bond motifs is 1. The molecule has 48 heavy (non-hydrogen) atoms. The van der Waals surface area contributed by atoms with Gasteiger partial charge in [-0.25, -0.2) is 9.78 Å². The highest BCUT2D eigenvalue weighted by molar-refractivity contribution is 7.90. The van der Waals surface area contributed by atoms with Gasteiger partial charge in [0.05, 0.1) is 23.9 Å². The van der Waals surface area contributed by atoms with Gasteiger partial charge in [0, 0.05) is 25.8 Å². The molecule has 0 bridgehead atoms. The molecule has 1 amide bonds. The minimum atomic E-state index is -4.66. The molecular formula is C34H49F3N4O5SSi. The molecule has 14 heteroatoms. The van der Waals surface area contributed by atoms with E-state index in [1.54, 1.807) is 43.5 Å². The Morgan fingerprint density at radius 1 is 1.08 bits per heavy atom. The first-order chi connectivity index (χ1) is 22.0. The second-order valence-corrected chi connectivity index (χ2v) is 21.5. The molecule has 3 aromatic rings. The van der Waals surface area contributed by atoms with Crippen LogP contribution in [0.1, 0.15) is 68.7 Å². The fraction of sp³-hybridized carbons (Fsp3) is 0.559. The monoisotopic (exact) mass is 710 g/mol. The lowest BCUT2D eigenvalue weighted by Gasteiger charge is -2.30. The highest BCUT2D eigenvalue weighted by atomic mass is 32.2. The Bertz CT molecular complexity index is 1590. The van der Waals surface area contributed by atoms with Gasteiger partial charge in [-0.1, -0.05) is 47.8 Å². The zero-order valence-electron chi connectivity index (χ0n) is 29.8. The van der Waals surface area contributed by atoms with Crippen LogP contribution < -0.4 is 5.32 Å². The van der Waals surface area contributed by atoms with Gasteiger partial charge in [0.25, 0.3) is 0 Å². The molecule has 1 unspecified atom stereocenters. The fourth-order valence-corrected chi connectivity index (χ4v) is 6.54. The van der Waals surface area contributed by atoms with Crippen molar-refractivity contribution in [3.63, 3.8) is 0 Å². The third-order valence-electron chi connectivity index (χ3n) is 7.39. The Morgan fingerprint density at radius 3 is 2.27 bits per heavy atom. The lowest BCUT2D eigenvalue weighted by molar-refractivity contribution is -0.265. The summed E-state index contributed by atoms with van der Waals surface area (Å²) in [6.07, 6.45) is -3.99. The third kappa shape index (κ3) is 11.1. The molecular weight excluding hydrogens is 662 g/mol. The lowest BCUT2D eigenvalue weighted by Crippen LogP contribution is -2.45. The Labute approximate surface area is 286 Å². The van der Waals surface area contributed by atoms with E-state index in [1.165, 1.54) is 6.21 Å². The molecule has 1 heterocycles. The number of halogens is 3. The highest BCUT2D eigenvalue weighted by Gasteiger charge is 2.49. The zero-order chi connectivity index (χ0) is 36.2. The van der Waals surface area contributed by atoms with Crippen molar-refractivity contribution in [2.75, 3.05) is 13.2 Å². The first kappa shape index (κ1) is 39.5. The van der Waals surface area contributed by atoms with Crippen molar-refractivity contribution >= 4 is 42.8 Å². The number of amides is 1. The molecule has 0 fully saturated rings. The number of alkyl halides is 3. The number of carbonyl (C=O) groups excluding carboxylic acids is 1. The van der Waals surface area contributed by atoms with Crippen LogP contribution in [-0.2, 0) is 32.3 Å². The standard InChI is InChI=1S/C34H49F3N4O5SSi/c1-22-16-23(2)29(24(3)17-22)47(43)38-19-25-12-13-28-26(18-25)39-30(41(28)21-44-14-15-48(9,10)11)27(40-31(42)46-32(4,5)6)20-45-33(7,8)34(35,36)37/h12-13,16-19,27H,14-15,20-21H2,1-11H3,(H,40,42)/t27-,47?/m0/s1. The molecule has 0 saturated heterocycles. The van der Waals surface area contributed by atoms with E-state index in [1.807, 2.05) is 32.9 Å².